The lowest BCUT2D eigenvalue weighted by atomic mass is 9.76. The number of halogens is 3. The minimum Gasteiger partial charge on any atom is -0.325 e. The van der Waals surface area contributed by atoms with Gasteiger partial charge >= 0.3 is 6.18 Å². The van der Waals surface area contributed by atoms with Crippen LogP contribution in [0.3, 0.4) is 0 Å². The third-order valence-corrected chi connectivity index (χ3v) is 5.49. The van der Waals surface area contributed by atoms with Crippen molar-refractivity contribution in [3.8, 4) is 0 Å². The average molecular weight is 295 g/mol. The Balaban J connectivity index is 1.75. The summed E-state index contributed by atoms with van der Waals surface area (Å²) < 4.78 is 39.2. The van der Waals surface area contributed by atoms with Gasteiger partial charge in [0.05, 0.1) is 17.2 Å². The number of hydrogen-bond donors (Lipinski definition) is 1. The van der Waals surface area contributed by atoms with Gasteiger partial charge in [-0.25, -0.2) is 0 Å². The van der Waals surface area contributed by atoms with Gasteiger partial charge in [0, 0.05) is 0 Å². The minimum atomic E-state index is -4.43. The van der Waals surface area contributed by atoms with Gasteiger partial charge in [-0.1, -0.05) is 18.6 Å². The van der Waals surface area contributed by atoms with Crippen LogP contribution in [0.25, 0.3) is 0 Å². The highest BCUT2D eigenvalue weighted by Crippen LogP contribution is 2.56. The summed E-state index contributed by atoms with van der Waals surface area (Å²) in [7, 11) is 0. The summed E-state index contributed by atoms with van der Waals surface area (Å²) in [6.45, 7) is 0. The molecule has 1 aromatic rings. The number of carbonyl (C=O) groups excluding carboxylic acids is 1. The first-order valence-electron chi connectivity index (χ1n) is 7.46. The second-order valence-electron chi connectivity index (χ2n) is 6.57. The maximum Gasteiger partial charge on any atom is 0.418 e. The van der Waals surface area contributed by atoms with Crippen LogP contribution in [0.2, 0.25) is 0 Å². The Morgan fingerprint density at radius 1 is 1.14 bits per heavy atom. The molecule has 2 bridgehead atoms. The molecule has 1 aromatic carbocycles. The number of fused-ring (bicyclic) bond motifs is 3. The minimum absolute atomic E-state index is 0.0113. The molecule has 1 heterocycles. The van der Waals surface area contributed by atoms with Gasteiger partial charge < -0.3 is 5.32 Å². The van der Waals surface area contributed by atoms with E-state index in [9.17, 15) is 18.0 Å². The molecule has 2 saturated carbocycles. The van der Waals surface area contributed by atoms with Crippen molar-refractivity contribution in [2.45, 2.75) is 37.8 Å². The Labute approximate surface area is 120 Å². The van der Waals surface area contributed by atoms with E-state index in [-0.39, 0.29) is 17.5 Å². The van der Waals surface area contributed by atoms with Crippen molar-refractivity contribution in [1.29, 1.82) is 0 Å². The van der Waals surface area contributed by atoms with Crippen LogP contribution in [0.15, 0.2) is 18.2 Å². The first-order valence-corrected chi connectivity index (χ1v) is 7.46. The van der Waals surface area contributed by atoms with Crippen LogP contribution in [0, 0.1) is 17.8 Å². The van der Waals surface area contributed by atoms with Gasteiger partial charge in [-0.2, -0.15) is 13.2 Å². The molecule has 0 radical (unpaired) electrons. The highest BCUT2D eigenvalue weighted by molar-refractivity contribution is 6.04. The van der Waals surface area contributed by atoms with Crippen molar-refractivity contribution in [2.24, 2.45) is 17.8 Å². The SMILES string of the molecule is O=C1Nc2c(cccc2C(F)(F)F)C1C1CC2CCC1C2. The number of hydrogen-bond acceptors (Lipinski definition) is 1. The quantitative estimate of drug-likeness (QED) is 0.827. The van der Waals surface area contributed by atoms with E-state index in [0.29, 0.717) is 17.4 Å². The Morgan fingerprint density at radius 3 is 2.57 bits per heavy atom. The van der Waals surface area contributed by atoms with Gasteiger partial charge in [0.1, 0.15) is 0 Å². The van der Waals surface area contributed by atoms with E-state index < -0.39 is 17.7 Å². The third kappa shape index (κ3) is 1.89. The third-order valence-electron chi connectivity index (χ3n) is 5.49. The summed E-state index contributed by atoms with van der Waals surface area (Å²) >= 11 is 0. The maximum absolute atomic E-state index is 13.1. The second kappa shape index (κ2) is 4.24. The lowest BCUT2D eigenvalue weighted by Crippen LogP contribution is -2.25. The molecule has 21 heavy (non-hydrogen) atoms. The van der Waals surface area contributed by atoms with Crippen LogP contribution in [0.5, 0.6) is 0 Å². The molecule has 0 aromatic heterocycles. The monoisotopic (exact) mass is 295 g/mol. The first kappa shape index (κ1) is 13.2. The van der Waals surface area contributed by atoms with Crippen LogP contribution in [0.4, 0.5) is 18.9 Å². The predicted molar refractivity (Wildman–Crippen MR) is 71.8 cm³/mol. The molecular formula is C16H16F3NO. The standard InChI is InChI=1S/C16H16F3NO/c17-16(18,19)12-3-1-2-10-13(15(21)20-14(10)12)11-7-8-4-5-9(11)6-8/h1-3,8-9,11,13H,4-7H2,(H,20,21). The highest BCUT2D eigenvalue weighted by Gasteiger charge is 2.49. The number of para-hydroxylation sites is 1. The zero-order valence-corrected chi connectivity index (χ0v) is 11.4. The molecule has 3 aliphatic rings. The molecule has 112 valence electrons. The van der Waals surface area contributed by atoms with Crippen molar-refractivity contribution in [1.82, 2.24) is 0 Å². The van der Waals surface area contributed by atoms with Crippen LogP contribution in [-0.2, 0) is 11.0 Å². The van der Waals surface area contributed by atoms with E-state index >= 15 is 0 Å². The van der Waals surface area contributed by atoms with E-state index in [0.717, 1.165) is 25.3 Å². The Kier molecular flexibility index (Phi) is 2.66. The summed E-state index contributed by atoms with van der Waals surface area (Å²) in [4.78, 5) is 12.3. The number of anilines is 1. The summed E-state index contributed by atoms with van der Waals surface area (Å²) in [5.41, 5.74) is -0.186. The molecule has 4 unspecified atom stereocenters. The molecule has 1 aliphatic heterocycles. The fourth-order valence-corrected chi connectivity index (χ4v) is 4.67. The van der Waals surface area contributed by atoms with Crippen LogP contribution < -0.4 is 5.32 Å². The van der Waals surface area contributed by atoms with E-state index in [4.69, 9.17) is 0 Å². The van der Waals surface area contributed by atoms with Gasteiger partial charge in [-0.05, 0) is 48.6 Å². The number of carbonyl (C=O) groups is 1. The number of amides is 1. The summed E-state index contributed by atoms with van der Waals surface area (Å²) in [6.07, 6.45) is 0.0295. The molecule has 4 rings (SSSR count). The summed E-state index contributed by atoms with van der Waals surface area (Å²) in [6, 6.07) is 4.14. The molecular weight excluding hydrogens is 279 g/mol. The van der Waals surface area contributed by atoms with E-state index in [1.807, 2.05) is 0 Å². The summed E-state index contributed by atoms with van der Waals surface area (Å²) in [5, 5.41) is 2.50. The Hall–Kier alpha value is -1.52. The molecule has 0 saturated heterocycles. The second-order valence-corrected chi connectivity index (χ2v) is 6.57. The topological polar surface area (TPSA) is 29.1 Å². The number of alkyl halides is 3. The van der Waals surface area contributed by atoms with E-state index in [1.54, 1.807) is 6.07 Å². The van der Waals surface area contributed by atoms with Crippen molar-refractivity contribution < 1.29 is 18.0 Å². The van der Waals surface area contributed by atoms with Crippen LogP contribution in [-0.4, -0.2) is 5.91 Å². The van der Waals surface area contributed by atoms with Crippen molar-refractivity contribution in [2.75, 3.05) is 5.32 Å². The fourth-order valence-electron chi connectivity index (χ4n) is 4.67. The van der Waals surface area contributed by atoms with Crippen LogP contribution >= 0.6 is 0 Å². The lowest BCUT2D eigenvalue weighted by molar-refractivity contribution is -0.136. The van der Waals surface area contributed by atoms with Crippen LogP contribution in [0.1, 0.15) is 42.7 Å². The highest BCUT2D eigenvalue weighted by atomic mass is 19.4. The predicted octanol–water partition coefficient (Wildman–Crippen LogP) is 4.18. The van der Waals surface area contributed by atoms with Gasteiger partial charge in [0.25, 0.3) is 0 Å². The number of rotatable bonds is 1. The Bertz CT molecular complexity index is 610. The van der Waals surface area contributed by atoms with Gasteiger partial charge in [0.2, 0.25) is 5.91 Å². The molecule has 1 N–H and O–H groups in total. The van der Waals surface area contributed by atoms with E-state index in [1.165, 1.54) is 12.5 Å². The van der Waals surface area contributed by atoms with Gasteiger partial charge in [0.15, 0.2) is 0 Å². The largest absolute Gasteiger partial charge is 0.418 e. The maximum atomic E-state index is 13.1. The zero-order valence-electron chi connectivity index (χ0n) is 11.4. The number of nitrogens with one attached hydrogen (secondary N) is 1. The first-order chi connectivity index (χ1) is 9.95. The summed E-state index contributed by atoms with van der Waals surface area (Å²) in [5.74, 6) is 0.749. The molecule has 2 fully saturated rings. The zero-order chi connectivity index (χ0) is 14.8. The smallest absolute Gasteiger partial charge is 0.325 e. The average Bonchev–Trinajstić information content (AvgIpc) is 3.08. The molecule has 2 nitrogen and oxygen atoms in total. The van der Waals surface area contributed by atoms with E-state index in [2.05, 4.69) is 5.32 Å². The van der Waals surface area contributed by atoms with Crippen molar-refractivity contribution >= 4 is 11.6 Å². The van der Waals surface area contributed by atoms with Crippen molar-refractivity contribution in [3.63, 3.8) is 0 Å². The molecule has 2 aliphatic carbocycles. The van der Waals surface area contributed by atoms with Gasteiger partial charge in [-0.3, -0.25) is 4.79 Å². The number of benzene rings is 1. The Morgan fingerprint density at radius 2 is 1.95 bits per heavy atom. The van der Waals surface area contributed by atoms with Gasteiger partial charge in [-0.15, -0.1) is 0 Å². The molecule has 0 spiro atoms. The molecule has 1 amide bonds. The molecule has 4 atom stereocenters. The molecule has 5 heteroatoms. The lowest BCUT2D eigenvalue weighted by Gasteiger charge is -2.26. The fraction of sp³-hybridized carbons (Fsp3) is 0.562. The van der Waals surface area contributed by atoms with Crippen molar-refractivity contribution in [3.05, 3.63) is 29.3 Å². The normalized spacial score (nSPS) is 34.1.